The molecule has 7 heteroatoms. The van der Waals surface area contributed by atoms with E-state index < -0.39 is 16.9 Å². The summed E-state index contributed by atoms with van der Waals surface area (Å²) in [6.07, 6.45) is 0. The van der Waals surface area contributed by atoms with Crippen LogP contribution in [-0.4, -0.2) is 23.5 Å². The maximum Gasteiger partial charge on any atom is 0.343 e. The van der Waals surface area contributed by atoms with Crippen molar-refractivity contribution in [3.8, 4) is 5.75 Å². The fraction of sp³-hybridized carbons (Fsp3) is 0.125. The van der Waals surface area contributed by atoms with E-state index in [1.807, 2.05) is 0 Å². The number of nitro benzene ring substituents is 1. The van der Waals surface area contributed by atoms with Gasteiger partial charge in [0, 0.05) is 12.1 Å². The lowest BCUT2D eigenvalue weighted by Gasteiger charge is -2.09. The first-order chi connectivity index (χ1) is 11.0. The topological polar surface area (TPSA) is 95.7 Å². The van der Waals surface area contributed by atoms with Gasteiger partial charge in [-0.05, 0) is 31.2 Å². The van der Waals surface area contributed by atoms with Crippen LogP contribution in [0.5, 0.6) is 5.75 Å². The van der Waals surface area contributed by atoms with Crippen molar-refractivity contribution in [1.29, 1.82) is 0 Å². The second-order valence-electron chi connectivity index (χ2n) is 4.41. The van der Waals surface area contributed by atoms with Crippen LogP contribution in [0.1, 0.15) is 27.6 Å². The normalized spacial score (nSPS) is 9.96. The van der Waals surface area contributed by atoms with Crippen LogP contribution in [-0.2, 0) is 4.74 Å². The van der Waals surface area contributed by atoms with Gasteiger partial charge in [-0.15, -0.1) is 0 Å². The van der Waals surface area contributed by atoms with Gasteiger partial charge in [0.1, 0.15) is 11.3 Å². The highest BCUT2D eigenvalue weighted by Crippen LogP contribution is 2.21. The average Bonchev–Trinajstić information content (AvgIpc) is 2.55. The van der Waals surface area contributed by atoms with E-state index in [4.69, 9.17) is 9.47 Å². The number of carbonyl (C=O) groups is 2. The molecule has 0 heterocycles. The van der Waals surface area contributed by atoms with Crippen molar-refractivity contribution in [2.45, 2.75) is 6.92 Å². The average molecular weight is 315 g/mol. The molecular formula is C16H13NO6. The van der Waals surface area contributed by atoms with Crippen LogP contribution in [0.15, 0.2) is 48.5 Å². The Bertz CT molecular complexity index is 738. The first kappa shape index (κ1) is 16.2. The minimum absolute atomic E-state index is 0.0642. The first-order valence-corrected chi connectivity index (χ1v) is 6.75. The third-order valence-corrected chi connectivity index (χ3v) is 2.90. The maximum atomic E-state index is 12.1. The van der Waals surface area contributed by atoms with Crippen LogP contribution in [0.4, 0.5) is 5.69 Å². The van der Waals surface area contributed by atoms with Crippen molar-refractivity contribution in [2.75, 3.05) is 6.61 Å². The molecule has 0 N–H and O–H groups in total. The van der Waals surface area contributed by atoms with Gasteiger partial charge < -0.3 is 9.47 Å². The number of para-hydroxylation sites is 1. The number of rotatable bonds is 5. The molecule has 0 saturated heterocycles. The minimum Gasteiger partial charge on any atom is -0.462 e. The zero-order chi connectivity index (χ0) is 16.8. The van der Waals surface area contributed by atoms with Crippen LogP contribution >= 0.6 is 0 Å². The summed E-state index contributed by atoms with van der Waals surface area (Å²) >= 11 is 0. The minimum atomic E-state index is -0.725. The van der Waals surface area contributed by atoms with E-state index in [-0.39, 0.29) is 29.2 Å². The molecule has 0 aliphatic rings. The van der Waals surface area contributed by atoms with Crippen molar-refractivity contribution >= 4 is 17.6 Å². The molecular weight excluding hydrogens is 302 g/mol. The molecule has 0 aromatic heterocycles. The van der Waals surface area contributed by atoms with Crippen molar-refractivity contribution in [3.63, 3.8) is 0 Å². The van der Waals surface area contributed by atoms with Gasteiger partial charge >= 0.3 is 11.9 Å². The molecule has 2 aromatic rings. The number of hydrogen-bond acceptors (Lipinski definition) is 6. The molecule has 7 nitrogen and oxygen atoms in total. The van der Waals surface area contributed by atoms with Gasteiger partial charge in [0.05, 0.1) is 17.1 Å². The standard InChI is InChI=1S/C16H13NO6/c1-2-22-16(19)13-5-3-4-6-14(13)23-15(18)11-7-9-12(10-8-11)17(20)21/h3-10H,2H2,1H3. The van der Waals surface area contributed by atoms with Crippen LogP contribution in [0, 0.1) is 10.1 Å². The summed E-state index contributed by atoms with van der Waals surface area (Å²) in [5.74, 6) is -1.26. The molecule has 0 spiro atoms. The molecule has 23 heavy (non-hydrogen) atoms. The van der Waals surface area contributed by atoms with Gasteiger partial charge in [0.25, 0.3) is 5.69 Å². The maximum absolute atomic E-state index is 12.1. The quantitative estimate of drug-likeness (QED) is 0.364. The lowest BCUT2D eigenvalue weighted by molar-refractivity contribution is -0.384. The first-order valence-electron chi connectivity index (χ1n) is 6.75. The molecule has 0 fully saturated rings. The van der Waals surface area contributed by atoms with E-state index in [1.54, 1.807) is 19.1 Å². The van der Waals surface area contributed by atoms with Crippen molar-refractivity contribution in [2.24, 2.45) is 0 Å². The van der Waals surface area contributed by atoms with Crippen LogP contribution < -0.4 is 4.74 Å². The third kappa shape index (κ3) is 3.91. The highest BCUT2D eigenvalue weighted by atomic mass is 16.6. The molecule has 0 unspecified atom stereocenters. The van der Waals surface area contributed by atoms with E-state index in [0.29, 0.717) is 0 Å². The highest BCUT2D eigenvalue weighted by Gasteiger charge is 2.17. The SMILES string of the molecule is CCOC(=O)c1ccccc1OC(=O)c1ccc([N+](=O)[O-])cc1. The lowest BCUT2D eigenvalue weighted by atomic mass is 10.2. The fourth-order valence-electron chi connectivity index (χ4n) is 1.81. The Morgan fingerprint density at radius 2 is 1.70 bits per heavy atom. The van der Waals surface area contributed by atoms with E-state index in [2.05, 4.69) is 0 Å². The number of non-ortho nitro benzene ring substituents is 1. The summed E-state index contributed by atoms with van der Waals surface area (Å²) in [5, 5.41) is 10.6. The van der Waals surface area contributed by atoms with E-state index >= 15 is 0 Å². The van der Waals surface area contributed by atoms with Gasteiger partial charge in [0.2, 0.25) is 0 Å². The van der Waals surface area contributed by atoms with Crippen LogP contribution in [0.2, 0.25) is 0 Å². The van der Waals surface area contributed by atoms with Gasteiger partial charge in [-0.2, -0.15) is 0 Å². The summed E-state index contributed by atoms with van der Waals surface area (Å²) in [6.45, 7) is 1.87. The number of esters is 2. The second kappa shape index (κ2) is 7.17. The molecule has 0 atom stereocenters. The van der Waals surface area contributed by atoms with Gasteiger partial charge in [0.15, 0.2) is 0 Å². The molecule has 0 saturated carbocycles. The zero-order valence-corrected chi connectivity index (χ0v) is 12.2. The number of nitrogens with zero attached hydrogens (tertiary/aromatic N) is 1. The summed E-state index contributed by atoms with van der Waals surface area (Å²) in [7, 11) is 0. The third-order valence-electron chi connectivity index (χ3n) is 2.90. The number of ether oxygens (including phenoxy) is 2. The van der Waals surface area contributed by atoms with Gasteiger partial charge in [-0.1, -0.05) is 12.1 Å². The smallest absolute Gasteiger partial charge is 0.343 e. The molecule has 0 amide bonds. The van der Waals surface area contributed by atoms with Gasteiger partial charge in [-0.25, -0.2) is 9.59 Å². The predicted molar refractivity (Wildman–Crippen MR) is 80.5 cm³/mol. The predicted octanol–water partition coefficient (Wildman–Crippen LogP) is 2.99. The summed E-state index contributed by atoms with van der Waals surface area (Å²) in [4.78, 5) is 33.9. The number of benzene rings is 2. The molecule has 2 rings (SSSR count). The number of hydrogen-bond donors (Lipinski definition) is 0. The van der Waals surface area contributed by atoms with Crippen molar-refractivity contribution in [1.82, 2.24) is 0 Å². The number of nitro groups is 1. The Morgan fingerprint density at radius 3 is 2.30 bits per heavy atom. The fourth-order valence-corrected chi connectivity index (χ4v) is 1.81. The Morgan fingerprint density at radius 1 is 1.04 bits per heavy atom. The highest BCUT2D eigenvalue weighted by molar-refractivity contribution is 5.96. The zero-order valence-electron chi connectivity index (χ0n) is 12.2. The molecule has 0 bridgehead atoms. The summed E-state index contributed by atoms with van der Waals surface area (Å²) in [6, 6.07) is 11.2. The molecule has 0 radical (unpaired) electrons. The van der Waals surface area contributed by atoms with E-state index in [1.165, 1.54) is 36.4 Å². The molecule has 2 aromatic carbocycles. The van der Waals surface area contributed by atoms with E-state index in [9.17, 15) is 19.7 Å². The summed E-state index contributed by atoms with van der Waals surface area (Å²) < 4.78 is 10.1. The molecule has 118 valence electrons. The largest absolute Gasteiger partial charge is 0.462 e. The van der Waals surface area contributed by atoms with E-state index in [0.717, 1.165) is 0 Å². The Kier molecular flexibility index (Phi) is 5.03. The Labute approximate surface area is 131 Å². The number of carbonyl (C=O) groups excluding carboxylic acids is 2. The van der Waals surface area contributed by atoms with Crippen molar-refractivity contribution < 1.29 is 24.0 Å². The monoisotopic (exact) mass is 315 g/mol. The van der Waals surface area contributed by atoms with Crippen LogP contribution in [0.3, 0.4) is 0 Å². The second-order valence-corrected chi connectivity index (χ2v) is 4.41. The van der Waals surface area contributed by atoms with Crippen molar-refractivity contribution in [3.05, 3.63) is 69.8 Å². The molecule has 0 aliphatic heterocycles. The Hall–Kier alpha value is -3.22. The molecule has 0 aliphatic carbocycles. The van der Waals surface area contributed by atoms with Gasteiger partial charge in [-0.3, -0.25) is 10.1 Å². The summed E-state index contributed by atoms with van der Waals surface area (Å²) in [5.41, 5.74) is 0.132. The van der Waals surface area contributed by atoms with Crippen LogP contribution in [0.25, 0.3) is 0 Å². The Balaban J connectivity index is 2.20. The lowest BCUT2D eigenvalue weighted by Crippen LogP contribution is -2.13.